The predicted molar refractivity (Wildman–Crippen MR) is 140 cm³/mol. The average Bonchev–Trinajstić information content (AvgIpc) is 3.45. The van der Waals surface area contributed by atoms with Crippen molar-refractivity contribution >= 4 is 39.6 Å². The van der Waals surface area contributed by atoms with E-state index in [0.717, 1.165) is 85.1 Å². The van der Waals surface area contributed by atoms with Crippen molar-refractivity contribution < 1.29 is 9.47 Å². The molecular formula is C26H28N6O2S. The van der Waals surface area contributed by atoms with Crippen molar-refractivity contribution in [3.8, 4) is 16.3 Å². The smallest absolute Gasteiger partial charge is 0.227 e. The Bertz CT molecular complexity index is 1270. The van der Waals surface area contributed by atoms with Crippen LogP contribution in [-0.2, 0) is 4.74 Å². The minimum Gasteiger partial charge on any atom is -0.490 e. The number of hydrogen-bond acceptors (Lipinski definition) is 9. The quantitative estimate of drug-likeness (QED) is 0.411. The highest BCUT2D eigenvalue weighted by atomic mass is 32.1. The number of hydrogen-bond donors (Lipinski definition) is 2. The van der Waals surface area contributed by atoms with Crippen LogP contribution in [0.2, 0.25) is 0 Å². The number of benzene rings is 2. The van der Waals surface area contributed by atoms with E-state index in [-0.39, 0.29) is 6.10 Å². The molecule has 0 saturated carbocycles. The summed E-state index contributed by atoms with van der Waals surface area (Å²) in [6, 6.07) is 12.5. The topological polar surface area (TPSA) is 84.4 Å². The van der Waals surface area contributed by atoms with E-state index in [0.29, 0.717) is 5.95 Å². The van der Waals surface area contributed by atoms with Gasteiger partial charge in [0.1, 0.15) is 16.9 Å². The van der Waals surface area contributed by atoms with Crippen molar-refractivity contribution in [1.82, 2.24) is 20.3 Å². The number of nitrogens with zero attached hydrogens (tertiary/aromatic N) is 4. The van der Waals surface area contributed by atoms with Crippen LogP contribution >= 0.6 is 11.3 Å². The third-order valence-corrected chi connectivity index (χ3v) is 7.23. The lowest BCUT2D eigenvalue weighted by Gasteiger charge is -2.28. The first-order valence-electron chi connectivity index (χ1n) is 12.1. The highest BCUT2D eigenvalue weighted by molar-refractivity contribution is 7.13. The average molecular weight is 489 g/mol. The largest absolute Gasteiger partial charge is 0.490 e. The van der Waals surface area contributed by atoms with Gasteiger partial charge in [-0.1, -0.05) is 0 Å². The first kappa shape index (κ1) is 22.2. The molecular weight excluding hydrogens is 460 g/mol. The number of anilines is 3. The maximum absolute atomic E-state index is 6.48. The van der Waals surface area contributed by atoms with Gasteiger partial charge in [0.2, 0.25) is 5.95 Å². The Morgan fingerprint density at radius 2 is 1.89 bits per heavy atom. The van der Waals surface area contributed by atoms with Gasteiger partial charge in [-0.15, -0.1) is 11.3 Å². The molecule has 180 valence electrons. The number of morpholine rings is 1. The van der Waals surface area contributed by atoms with Gasteiger partial charge >= 0.3 is 0 Å². The summed E-state index contributed by atoms with van der Waals surface area (Å²) in [6.45, 7) is 5.35. The van der Waals surface area contributed by atoms with E-state index in [1.165, 1.54) is 5.69 Å². The van der Waals surface area contributed by atoms with Crippen molar-refractivity contribution in [3.63, 3.8) is 0 Å². The Labute approximate surface area is 208 Å². The molecule has 0 bridgehead atoms. The molecule has 0 aliphatic carbocycles. The molecule has 0 amide bonds. The molecule has 4 heterocycles. The fourth-order valence-electron chi connectivity index (χ4n) is 4.54. The monoisotopic (exact) mass is 488 g/mol. The summed E-state index contributed by atoms with van der Waals surface area (Å²) >= 11 is 1.61. The lowest BCUT2D eigenvalue weighted by atomic mass is 10.1. The first-order valence-corrected chi connectivity index (χ1v) is 13.0. The first-order chi connectivity index (χ1) is 17.3. The van der Waals surface area contributed by atoms with Gasteiger partial charge in [-0.25, -0.2) is 15.0 Å². The van der Waals surface area contributed by atoms with Gasteiger partial charge in [0.15, 0.2) is 0 Å². The van der Waals surface area contributed by atoms with Crippen molar-refractivity contribution in [2.24, 2.45) is 0 Å². The van der Waals surface area contributed by atoms with E-state index in [4.69, 9.17) is 14.5 Å². The summed E-state index contributed by atoms with van der Waals surface area (Å²) in [4.78, 5) is 16.2. The molecule has 0 unspecified atom stereocenters. The Morgan fingerprint density at radius 3 is 2.66 bits per heavy atom. The molecule has 2 N–H and O–H groups in total. The van der Waals surface area contributed by atoms with Crippen molar-refractivity contribution in [2.75, 3.05) is 49.6 Å². The number of rotatable bonds is 6. The standard InChI is InChI=1S/C26H28N6O2S/c1-3-20(32-10-12-33-13-11-32)4-2-19(1)30-26-29-17-18-15-22(25-28-9-14-35-25)24(16-23(18)31-26)34-21-5-7-27-8-6-21/h1-4,9,14-17,21,27H,5-8,10-13H2,(H,29,30,31). The zero-order valence-electron chi connectivity index (χ0n) is 19.4. The highest BCUT2D eigenvalue weighted by Gasteiger charge is 2.19. The number of fused-ring (bicyclic) bond motifs is 1. The summed E-state index contributed by atoms with van der Waals surface area (Å²) in [5.74, 6) is 1.39. The van der Waals surface area contributed by atoms with Crippen LogP contribution in [0.5, 0.6) is 5.75 Å². The molecule has 2 aliphatic heterocycles. The van der Waals surface area contributed by atoms with Gasteiger partial charge in [0.05, 0.1) is 24.3 Å². The molecule has 35 heavy (non-hydrogen) atoms. The maximum Gasteiger partial charge on any atom is 0.227 e. The number of nitrogens with one attached hydrogen (secondary N) is 2. The SMILES string of the molecule is c1csc(-c2cc3cnc(Nc4ccc(N5CCOCC5)cc4)nc3cc2OC2CCNCC2)n1. The zero-order chi connectivity index (χ0) is 23.5. The summed E-state index contributed by atoms with van der Waals surface area (Å²) < 4.78 is 11.9. The molecule has 0 radical (unpaired) electrons. The second-order valence-corrected chi connectivity index (χ2v) is 9.67. The van der Waals surface area contributed by atoms with Crippen LogP contribution in [0.1, 0.15) is 12.8 Å². The van der Waals surface area contributed by atoms with Crippen LogP contribution in [-0.4, -0.2) is 60.4 Å². The van der Waals surface area contributed by atoms with E-state index in [9.17, 15) is 0 Å². The van der Waals surface area contributed by atoms with Gasteiger partial charge in [-0.2, -0.15) is 0 Å². The molecule has 2 aromatic heterocycles. The van der Waals surface area contributed by atoms with E-state index in [1.807, 2.05) is 23.8 Å². The van der Waals surface area contributed by atoms with E-state index >= 15 is 0 Å². The van der Waals surface area contributed by atoms with Crippen LogP contribution in [0.25, 0.3) is 21.5 Å². The van der Waals surface area contributed by atoms with Gasteiger partial charge in [0.25, 0.3) is 0 Å². The molecule has 8 nitrogen and oxygen atoms in total. The van der Waals surface area contributed by atoms with Crippen LogP contribution in [0, 0.1) is 0 Å². The summed E-state index contributed by atoms with van der Waals surface area (Å²) in [6.07, 6.45) is 5.86. The fourth-order valence-corrected chi connectivity index (χ4v) is 5.20. The van der Waals surface area contributed by atoms with Crippen molar-refractivity contribution in [2.45, 2.75) is 18.9 Å². The van der Waals surface area contributed by atoms with Crippen molar-refractivity contribution in [3.05, 3.63) is 54.2 Å². The number of ether oxygens (including phenoxy) is 2. The normalized spacial score (nSPS) is 17.0. The fraction of sp³-hybridized carbons (Fsp3) is 0.346. The lowest BCUT2D eigenvalue weighted by Crippen LogP contribution is -2.36. The van der Waals surface area contributed by atoms with Crippen LogP contribution in [0.4, 0.5) is 17.3 Å². The minimum absolute atomic E-state index is 0.192. The molecule has 0 atom stereocenters. The van der Waals surface area contributed by atoms with Crippen molar-refractivity contribution in [1.29, 1.82) is 0 Å². The van der Waals surface area contributed by atoms with Gasteiger partial charge in [0, 0.05) is 53.7 Å². The Morgan fingerprint density at radius 1 is 1.06 bits per heavy atom. The molecule has 2 fully saturated rings. The van der Waals surface area contributed by atoms with Gasteiger partial charge in [-0.3, -0.25) is 0 Å². The van der Waals surface area contributed by atoms with E-state index in [2.05, 4.69) is 55.8 Å². The summed E-state index contributed by atoms with van der Waals surface area (Å²) in [5, 5.41) is 10.6. The number of aromatic nitrogens is 3. The van der Waals surface area contributed by atoms with Gasteiger partial charge in [-0.05, 0) is 56.3 Å². The molecule has 9 heteroatoms. The predicted octanol–water partition coefficient (Wildman–Crippen LogP) is 4.46. The molecule has 6 rings (SSSR count). The van der Waals surface area contributed by atoms with Crippen LogP contribution in [0.3, 0.4) is 0 Å². The number of thiazole rings is 1. The van der Waals surface area contributed by atoms with Gasteiger partial charge < -0.3 is 25.0 Å². The third-order valence-electron chi connectivity index (χ3n) is 6.42. The highest BCUT2D eigenvalue weighted by Crippen LogP contribution is 2.36. The molecule has 0 spiro atoms. The lowest BCUT2D eigenvalue weighted by molar-refractivity contribution is 0.122. The Hall–Kier alpha value is -3.27. The van der Waals surface area contributed by atoms with Crippen LogP contribution < -0.4 is 20.3 Å². The van der Waals surface area contributed by atoms with E-state index < -0.39 is 0 Å². The number of piperidine rings is 1. The Balaban J connectivity index is 1.26. The van der Waals surface area contributed by atoms with E-state index in [1.54, 1.807) is 11.3 Å². The molecule has 4 aromatic rings. The second kappa shape index (κ2) is 10.2. The molecule has 2 saturated heterocycles. The third kappa shape index (κ3) is 5.07. The van der Waals surface area contributed by atoms with Crippen LogP contribution in [0.15, 0.2) is 54.2 Å². The summed E-state index contributed by atoms with van der Waals surface area (Å²) in [7, 11) is 0. The molecule has 2 aliphatic rings. The molecule has 2 aromatic carbocycles. The Kier molecular flexibility index (Phi) is 6.44. The maximum atomic E-state index is 6.48. The zero-order valence-corrected chi connectivity index (χ0v) is 20.3. The summed E-state index contributed by atoms with van der Waals surface area (Å²) in [5.41, 5.74) is 3.99. The second-order valence-electron chi connectivity index (χ2n) is 8.78. The minimum atomic E-state index is 0.192.